The van der Waals surface area contributed by atoms with Gasteiger partial charge < -0.3 is 10.6 Å². The lowest BCUT2D eigenvalue weighted by Crippen LogP contribution is -2.19. The Kier molecular flexibility index (Phi) is 3.04. The van der Waals surface area contributed by atoms with Crippen molar-refractivity contribution in [3.8, 4) is 0 Å². The third kappa shape index (κ3) is 2.41. The monoisotopic (exact) mass is 296 g/mol. The normalized spacial score (nSPS) is 17.1. The van der Waals surface area contributed by atoms with Gasteiger partial charge in [0.2, 0.25) is 0 Å². The highest BCUT2D eigenvalue weighted by molar-refractivity contribution is 5.78. The largest absolute Gasteiger partial charge is 0.416 e. The van der Waals surface area contributed by atoms with E-state index in [1.54, 1.807) is 6.07 Å². The van der Waals surface area contributed by atoms with Crippen molar-refractivity contribution < 1.29 is 17.6 Å². The van der Waals surface area contributed by atoms with E-state index in [1.165, 1.54) is 0 Å². The lowest BCUT2D eigenvalue weighted by molar-refractivity contribution is -0.138. The van der Waals surface area contributed by atoms with E-state index in [0.29, 0.717) is 6.07 Å². The number of alkyl halides is 3. The van der Waals surface area contributed by atoms with Crippen molar-refractivity contribution in [2.75, 3.05) is 10.6 Å². The SMILES string of the molecule is Cc1cccc2c1NC(c1ccc(F)cc1C(F)(F)F)N2. The molecule has 0 radical (unpaired) electrons. The molecule has 2 aromatic carbocycles. The second kappa shape index (κ2) is 4.65. The molecule has 3 rings (SSSR count). The number of halogens is 4. The number of anilines is 2. The first-order valence-corrected chi connectivity index (χ1v) is 6.35. The maximum absolute atomic E-state index is 13.2. The first kappa shape index (κ1) is 13.7. The maximum atomic E-state index is 13.2. The van der Waals surface area contributed by atoms with Crippen LogP contribution in [0.25, 0.3) is 0 Å². The molecule has 0 saturated carbocycles. The van der Waals surface area contributed by atoms with Crippen LogP contribution in [0.4, 0.5) is 28.9 Å². The Balaban J connectivity index is 2.03. The number of rotatable bonds is 1. The predicted molar refractivity (Wildman–Crippen MR) is 72.6 cm³/mol. The third-order valence-corrected chi connectivity index (χ3v) is 3.49. The van der Waals surface area contributed by atoms with Crippen LogP contribution in [-0.2, 0) is 6.18 Å². The zero-order valence-corrected chi connectivity index (χ0v) is 11.1. The van der Waals surface area contributed by atoms with Crippen LogP contribution < -0.4 is 10.6 Å². The van der Waals surface area contributed by atoms with Gasteiger partial charge in [0.25, 0.3) is 0 Å². The van der Waals surface area contributed by atoms with E-state index in [-0.39, 0.29) is 5.56 Å². The van der Waals surface area contributed by atoms with E-state index in [1.807, 2.05) is 19.1 Å². The molecule has 6 heteroatoms. The summed E-state index contributed by atoms with van der Waals surface area (Å²) in [6.45, 7) is 1.87. The number of aryl methyl sites for hydroxylation is 1. The van der Waals surface area contributed by atoms with E-state index in [2.05, 4.69) is 10.6 Å². The summed E-state index contributed by atoms with van der Waals surface area (Å²) < 4.78 is 52.4. The standard InChI is InChI=1S/C15H12F4N2/c1-8-3-2-4-12-13(8)21-14(20-12)10-6-5-9(16)7-11(10)15(17,18)19/h2-7,14,20-21H,1H3. The van der Waals surface area contributed by atoms with Crippen LogP contribution in [-0.4, -0.2) is 0 Å². The van der Waals surface area contributed by atoms with Crippen LogP contribution >= 0.6 is 0 Å². The van der Waals surface area contributed by atoms with Crippen LogP contribution in [0, 0.1) is 12.7 Å². The van der Waals surface area contributed by atoms with Crippen molar-refractivity contribution in [1.29, 1.82) is 0 Å². The van der Waals surface area contributed by atoms with Gasteiger partial charge in [0.15, 0.2) is 0 Å². The molecule has 1 unspecified atom stereocenters. The fraction of sp³-hybridized carbons (Fsp3) is 0.200. The molecular weight excluding hydrogens is 284 g/mol. The van der Waals surface area contributed by atoms with Crippen molar-refractivity contribution in [3.05, 3.63) is 58.9 Å². The molecule has 1 heterocycles. The van der Waals surface area contributed by atoms with Gasteiger partial charge in [-0.1, -0.05) is 18.2 Å². The third-order valence-electron chi connectivity index (χ3n) is 3.49. The van der Waals surface area contributed by atoms with Crippen LogP contribution in [0.3, 0.4) is 0 Å². The molecule has 1 atom stereocenters. The molecule has 0 aliphatic carbocycles. The van der Waals surface area contributed by atoms with Crippen LogP contribution in [0.15, 0.2) is 36.4 Å². The minimum Gasteiger partial charge on any atom is -0.360 e. The molecule has 0 saturated heterocycles. The summed E-state index contributed by atoms with van der Waals surface area (Å²) in [5, 5.41) is 6.01. The molecule has 1 aliphatic heterocycles. The molecular formula is C15H12F4N2. The first-order valence-electron chi connectivity index (χ1n) is 6.35. The molecule has 0 spiro atoms. The first-order chi connectivity index (χ1) is 9.86. The quantitative estimate of drug-likeness (QED) is 0.746. The highest BCUT2D eigenvalue weighted by Gasteiger charge is 2.37. The Morgan fingerprint density at radius 2 is 1.81 bits per heavy atom. The smallest absolute Gasteiger partial charge is 0.360 e. The highest BCUT2D eigenvalue weighted by atomic mass is 19.4. The molecule has 0 aromatic heterocycles. The number of nitrogens with one attached hydrogen (secondary N) is 2. The van der Waals surface area contributed by atoms with Crippen LogP contribution in [0.1, 0.15) is 22.9 Å². The van der Waals surface area contributed by atoms with E-state index in [9.17, 15) is 17.6 Å². The lowest BCUT2D eigenvalue weighted by Gasteiger charge is -2.19. The zero-order valence-electron chi connectivity index (χ0n) is 11.1. The summed E-state index contributed by atoms with van der Waals surface area (Å²) >= 11 is 0. The van der Waals surface area contributed by atoms with Crippen molar-refractivity contribution >= 4 is 11.4 Å². The van der Waals surface area contributed by atoms with Gasteiger partial charge in [-0.2, -0.15) is 13.2 Å². The van der Waals surface area contributed by atoms with Crippen LogP contribution in [0.2, 0.25) is 0 Å². The summed E-state index contributed by atoms with van der Waals surface area (Å²) in [5.74, 6) is -0.905. The number of benzene rings is 2. The lowest BCUT2D eigenvalue weighted by atomic mass is 10.0. The summed E-state index contributed by atoms with van der Waals surface area (Å²) in [7, 11) is 0. The van der Waals surface area contributed by atoms with Crippen LogP contribution in [0.5, 0.6) is 0 Å². The second-order valence-corrected chi connectivity index (χ2v) is 4.95. The van der Waals surface area contributed by atoms with Gasteiger partial charge in [0.05, 0.1) is 16.9 Å². The Bertz CT molecular complexity index is 695. The summed E-state index contributed by atoms with van der Waals surface area (Å²) in [4.78, 5) is 0. The van der Waals surface area contributed by atoms with Crippen molar-refractivity contribution in [2.24, 2.45) is 0 Å². The Hall–Kier alpha value is -2.24. The van der Waals surface area contributed by atoms with E-state index in [4.69, 9.17) is 0 Å². The zero-order chi connectivity index (χ0) is 15.2. The summed E-state index contributed by atoms with van der Waals surface area (Å²) in [6.07, 6.45) is -5.34. The highest BCUT2D eigenvalue weighted by Crippen LogP contribution is 2.41. The molecule has 110 valence electrons. The number of hydrogen-bond acceptors (Lipinski definition) is 2. The molecule has 0 amide bonds. The van der Waals surface area contributed by atoms with Crippen molar-refractivity contribution in [1.82, 2.24) is 0 Å². The average Bonchev–Trinajstić information content (AvgIpc) is 2.83. The van der Waals surface area contributed by atoms with E-state index >= 15 is 0 Å². The Morgan fingerprint density at radius 3 is 2.48 bits per heavy atom. The van der Waals surface area contributed by atoms with Gasteiger partial charge in [-0.05, 0) is 30.7 Å². The van der Waals surface area contributed by atoms with E-state index < -0.39 is 23.7 Å². The van der Waals surface area contributed by atoms with Gasteiger partial charge in [0, 0.05) is 5.56 Å². The fourth-order valence-electron chi connectivity index (χ4n) is 2.50. The van der Waals surface area contributed by atoms with Gasteiger partial charge in [0.1, 0.15) is 12.0 Å². The minimum absolute atomic E-state index is 0.0282. The second-order valence-electron chi connectivity index (χ2n) is 4.95. The van der Waals surface area contributed by atoms with Crippen molar-refractivity contribution in [2.45, 2.75) is 19.3 Å². The van der Waals surface area contributed by atoms with Gasteiger partial charge in [-0.15, -0.1) is 0 Å². The maximum Gasteiger partial charge on any atom is 0.416 e. The molecule has 2 N–H and O–H groups in total. The Morgan fingerprint density at radius 1 is 1.05 bits per heavy atom. The number of fused-ring (bicyclic) bond motifs is 1. The molecule has 21 heavy (non-hydrogen) atoms. The molecule has 1 aliphatic rings. The molecule has 0 fully saturated rings. The number of para-hydroxylation sites is 1. The summed E-state index contributed by atoms with van der Waals surface area (Å²) in [6, 6.07) is 8.18. The fourth-order valence-corrected chi connectivity index (χ4v) is 2.50. The molecule has 2 nitrogen and oxygen atoms in total. The minimum atomic E-state index is -4.61. The predicted octanol–water partition coefficient (Wildman–Crippen LogP) is 4.69. The topological polar surface area (TPSA) is 24.1 Å². The molecule has 0 bridgehead atoms. The average molecular weight is 296 g/mol. The van der Waals surface area contributed by atoms with Gasteiger partial charge in [-0.25, -0.2) is 4.39 Å². The molecule has 2 aromatic rings. The van der Waals surface area contributed by atoms with E-state index in [0.717, 1.165) is 29.1 Å². The van der Waals surface area contributed by atoms with Gasteiger partial charge >= 0.3 is 6.18 Å². The van der Waals surface area contributed by atoms with Gasteiger partial charge in [-0.3, -0.25) is 0 Å². The summed E-state index contributed by atoms with van der Waals surface area (Å²) in [5.41, 5.74) is 1.42. The Labute approximate surface area is 118 Å². The van der Waals surface area contributed by atoms with Crippen molar-refractivity contribution in [3.63, 3.8) is 0 Å². The number of hydrogen-bond donors (Lipinski definition) is 2.